The maximum absolute atomic E-state index is 13.1. The Balaban J connectivity index is 2.20. The molecule has 3 aromatic rings. The number of hydrogen-bond acceptors (Lipinski definition) is 3. The molecule has 4 heteroatoms. The van der Waals surface area contributed by atoms with Crippen molar-refractivity contribution in [1.82, 2.24) is 9.78 Å². The van der Waals surface area contributed by atoms with Crippen LogP contribution >= 0.6 is 0 Å². The molecule has 0 aliphatic heterocycles. The van der Waals surface area contributed by atoms with Crippen molar-refractivity contribution in [3.63, 3.8) is 0 Å². The summed E-state index contributed by atoms with van der Waals surface area (Å²) in [6, 6.07) is 17.4. The van der Waals surface area contributed by atoms with Crippen LogP contribution in [0.3, 0.4) is 0 Å². The minimum absolute atomic E-state index is 0.00214. The zero-order valence-electron chi connectivity index (χ0n) is 15.4. The highest BCUT2D eigenvalue weighted by atomic mass is 16.3. The third-order valence-corrected chi connectivity index (χ3v) is 4.39. The molecule has 0 aliphatic rings. The standard InChI is InChI=1S/C22H24N2O2/c1-15(2)13-19-21(25)20(18-12-8-7-9-16(18)3)22(26)24(23-19)14-17-10-5-4-6-11-17/h4-12,15,25H,13-14H2,1-3H3. The Kier molecular flexibility index (Phi) is 5.21. The minimum Gasteiger partial charge on any atom is -0.505 e. The van der Waals surface area contributed by atoms with Gasteiger partial charge in [-0.3, -0.25) is 4.79 Å². The van der Waals surface area contributed by atoms with Crippen molar-refractivity contribution in [3.8, 4) is 16.9 Å². The lowest BCUT2D eigenvalue weighted by Gasteiger charge is -2.15. The summed E-state index contributed by atoms with van der Waals surface area (Å²) in [5.74, 6) is 0.322. The fraction of sp³-hybridized carbons (Fsp3) is 0.273. The Bertz CT molecular complexity index is 960. The van der Waals surface area contributed by atoms with Gasteiger partial charge in [-0.15, -0.1) is 0 Å². The van der Waals surface area contributed by atoms with Crippen LogP contribution in [0.4, 0.5) is 0 Å². The first kappa shape index (κ1) is 17.9. The van der Waals surface area contributed by atoms with Gasteiger partial charge in [0.2, 0.25) is 0 Å². The molecular formula is C22H24N2O2. The van der Waals surface area contributed by atoms with Crippen molar-refractivity contribution < 1.29 is 5.11 Å². The summed E-state index contributed by atoms with van der Waals surface area (Å²) < 4.78 is 1.47. The fourth-order valence-electron chi connectivity index (χ4n) is 3.10. The van der Waals surface area contributed by atoms with Crippen LogP contribution < -0.4 is 5.56 Å². The highest BCUT2D eigenvalue weighted by Gasteiger charge is 2.20. The average molecular weight is 348 g/mol. The van der Waals surface area contributed by atoms with Crippen molar-refractivity contribution in [3.05, 3.63) is 81.8 Å². The Morgan fingerprint density at radius 3 is 2.35 bits per heavy atom. The van der Waals surface area contributed by atoms with Crippen LogP contribution in [-0.4, -0.2) is 14.9 Å². The third kappa shape index (κ3) is 3.69. The Morgan fingerprint density at radius 1 is 1.04 bits per heavy atom. The molecule has 0 spiro atoms. The number of aryl methyl sites for hydroxylation is 1. The zero-order valence-corrected chi connectivity index (χ0v) is 15.4. The van der Waals surface area contributed by atoms with Gasteiger partial charge in [0.1, 0.15) is 5.69 Å². The van der Waals surface area contributed by atoms with E-state index in [1.54, 1.807) is 0 Å². The number of nitrogens with zero attached hydrogens (tertiary/aromatic N) is 2. The molecule has 0 saturated carbocycles. The molecule has 0 unspecified atom stereocenters. The summed E-state index contributed by atoms with van der Waals surface area (Å²) in [5.41, 5.74) is 3.34. The first-order valence-electron chi connectivity index (χ1n) is 8.90. The largest absolute Gasteiger partial charge is 0.505 e. The number of hydrogen-bond donors (Lipinski definition) is 1. The van der Waals surface area contributed by atoms with Crippen LogP contribution in [0, 0.1) is 12.8 Å². The summed E-state index contributed by atoms with van der Waals surface area (Å²) in [6.07, 6.45) is 0.611. The number of aromatic nitrogens is 2. The van der Waals surface area contributed by atoms with E-state index in [0.717, 1.165) is 16.7 Å². The lowest BCUT2D eigenvalue weighted by molar-refractivity contribution is 0.444. The summed E-state index contributed by atoms with van der Waals surface area (Å²) >= 11 is 0. The van der Waals surface area contributed by atoms with Gasteiger partial charge in [-0.1, -0.05) is 68.4 Å². The van der Waals surface area contributed by atoms with E-state index in [0.29, 0.717) is 30.1 Å². The first-order valence-corrected chi connectivity index (χ1v) is 8.90. The highest BCUT2D eigenvalue weighted by Crippen LogP contribution is 2.31. The lowest BCUT2D eigenvalue weighted by Crippen LogP contribution is -2.27. The summed E-state index contributed by atoms with van der Waals surface area (Å²) in [7, 11) is 0. The van der Waals surface area contributed by atoms with Crippen molar-refractivity contribution in [1.29, 1.82) is 0 Å². The van der Waals surface area contributed by atoms with E-state index in [4.69, 9.17) is 0 Å². The minimum atomic E-state index is -0.270. The predicted octanol–water partition coefficient (Wildman–Crippen LogP) is 4.17. The van der Waals surface area contributed by atoms with E-state index in [-0.39, 0.29) is 11.3 Å². The second-order valence-corrected chi connectivity index (χ2v) is 7.03. The van der Waals surface area contributed by atoms with E-state index >= 15 is 0 Å². The lowest BCUT2D eigenvalue weighted by atomic mass is 9.98. The van der Waals surface area contributed by atoms with Crippen molar-refractivity contribution in [2.75, 3.05) is 0 Å². The second-order valence-electron chi connectivity index (χ2n) is 7.03. The van der Waals surface area contributed by atoms with Crippen LogP contribution in [0.1, 0.15) is 30.7 Å². The Labute approximate surface area is 153 Å². The molecule has 0 saturated heterocycles. The predicted molar refractivity (Wildman–Crippen MR) is 104 cm³/mol. The zero-order chi connectivity index (χ0) is 18.7. The molecule has 134 valence electrons. The number of aromatic hydroxyl groups is 1. The van der Waals surface area contributed by atoms with Crippen molar-refractivity contribution in [2.24, 2.45) is 5.92 Å². The SMILES string of the molecule is Cc1ccccc1-c1c(O)c(CC(C)C)nn(Cc2ccccc2)c1=O. The highest BCUT2D eigenvalue weighted by molar-refractivity contribution is 5.72. The quantitative estimate of drug-likeness (QED) is 0.753. The average Bonchev–Trinajstić information content (AvgIpc) is 2.61. The summed E-state index contributed by atoms with van der Waals surface area (Å²) in [5, 5.41) is 15.3. The van der Waals surface area contributed by atoms with Crippen LogP contribution in [0.15, 0.2) is 59.4 Å². The third-order valence-electron chi connectivity index (χ3n) is 4.39. The molecule has 4 nitrogen and oxygen atoms in total. The molecule has 0 radical (unpaired) electrons. The molecule has 1 N–H and O–H groups in total. The van der Waals surface area contributed by atoms with E-state index in [9.17, 15) is 9.90 Å². The van der Waals surface area contributed by atoms with Gasteiger partial charge in [0.15, 0.2) is 5.75 Å². The first-order chi connectivity index (χ1) is 12.5. The van der Waals surface area contributed by atoms with E-state index < -0.39 is 0 Å². The molecule has 3 rings (SSSR count). The van der Waals surface area contributed by atoms with Crippen LogP contribution in [0.2, 0.25) is 0 Å². The van der Waals surface area contributed by atoms with Crippen molar-refractivity contribution in [2.45, 2.75) is 33.7 Å². The van der Waals surface area contributed by atoms with E-state index in [1.165, 1.54) is 4.68 Å². The van der Waals surface area contributed by atoms with Crippen LogP contribution in [0.25, 0.3) is 11.1 Å². The molecule has 0 fully saturated rings. The molecule has 2 aromatic carbocycles. The van der Waals surface area contributed by atoms with Gasteiger partial charge < -0.3 is 5.11 Å². The van der Waals surface area contributed by atoms with Gasteiger partial charge in [0, 0.05) is 0 Å². The fourth-order valence-corrected chi connectivity index (χ4v) is 3.10. The molecular weight excluding hydrogens is 324 g/mol. The summed E-state index contributed by atoms with van der Waals surface area (Å²) in [6.45, 7) is 6.46. The van der Waals surface area contributed by atoms with Crippen LogP contribution in [-0.2, 0) is 13.0 Å². The molecule has 26 heavy (non-hydrogen) atoms. The molecule has 1 heterocycles. The molecule has 0 aliphatic carbocycles. The monoisotopic (exact) mass is 348 g/mol. The second kappa shape index (κ2) is 7.56. The Morgan fingerprint density at radius 2 is 1.69 bits per heavy atom. The summed E-state index contributed by atoms with van der Waals surface area (Å²) in [4.78, 5) is 13.1. The van der Waals surface area contributed by atoms with Crippen LogP contribution in [0.5, 0.6) is 5.75 Å². The van der Waals surface area contributed by atoms with Gasteiger partial charge in [-0.2, -0.15) is 5.10 Å². The number of rotatable bonds is 5. The topological polar surface area (TPSA) is 55.1 Å². The van der Waals surface area contributed by atoms with Gasteiger partial charge in [0.05, 0.1) is 12.1 Å². The van der Waals surface area contributed by atoms with Gasteiger partial charge in [-0.05, 0) is 36.0 Å². The Hall–Kier alpha value is -2.88. The molecule has 1 aromatic heterocycles. The van der Waals surface area contributed by atoms with Crippen molar-refractivity contribution >= 4 is 0 Å². The van der Waals surface area contributed by atoms with Gasteiger partial charge >= 0.3 is 0 Å². The van der Waals surface area contributed by atoms with E-state index in [1.807, 2.05) is 61.5 Å². The maximum Gasteiger partial charge on any atom is 0.278 e. The maximum atomic E-state index is 13.1. The molecule has 0 amide bonds. The van der Waals surface area contributed by atoms with E-state index in [2.05, 4.69) is 18.9 Å². The normalized spacial score (nSPS) is 11.1. The molecule has 0 bridgehead atoms. The number of benzene rings is 2. The molecule has 0 atom stereocenters. The van der Waals surface area contributed by atoms with Gasteiger partial charge in [0.25, 0.3) is 5.56 Å². The van der Waals surface area contributed by atoms with Gasteiger partial charge in [-0.25, -0.2) is 4.68 Å². The smallest absolute Gasteiger partial charge is 0.278 e.